The summed E-state index contributed by atoms with van der Waals surface area (Å²) < 4.78 is 0. The molecule has 3 nitrogen and oxygen atoms in total. The van der Waals surface area contributed by atoms with Crippen LogP contribution in [0, 0.1) is 0 Å². The second-order valence-corrected chi connectivity index (χ2v) is 3.06. The van der Waals surface area contributed by atoms with Gasteiger partial charge < -0.3 is 10.4 Å². The van der Waals surface area contributed by atoms with Crippen molar-refractivity contribution in [3.8, 4) is 0 Å². The molecule has 0 aromatic rings. The molecule has 1 rings (SSSR count). The van der Waals surface area contributed by atoms with E-state index in [-0.39, 0.29) is 6.23 Å². The maximum absolute atomic E-state index is 9.57. The average molecular weight is 158 g/mol. The zero-order valence-corrected chi connectivity index (χ0v) is 7.21. The van der Waals surface area contributed by atoms with Crippen molar-refractivity contribution in [1.82, 2.24) is 10.2 Å². The maximum Gasteiger partial charge on any atom is 0.107 e. The van der Waals surface area contributed by atoms with Crippen molar-refractivity contribution >= 4 is 0 Å². The summed E-state index contributed by atoms with van der Waals surface area (Å²) in [4.78, 5) is 2.14. The molecule has 1 saturated heterocycles. The van der Waals surface area contributed by atoms with Crippen LogP contribution in [0.2, 0.25) is 0 Å². The van der Waals surface area contributed by atoms with Gasteiger partial charge in [0.2, 0.25) is 0 Å². The summed E-state index contributed by atoms with van der Waals surface area (Å²) in [5.41, 5.74) is 0. The lowest BCUT2D eigenvalue weighted by Gasteiger charge is -2.31. The lowest BCUT2D eigenvalue weighted by atomic mass is 10.2. The van der Waals surface area contributed by atoms with E-state index in [4.69, 9.17) is 0 Å². The first-order valence-electron chi connectivity index (χ1n) is 4.47. The quantitative estimate of drug-likeness (QED) is 0.607. The molecule has 1 heterocycles. The van der Waals surface area contributed by atoms with Gasteiger partial charge in [-0.05, 0) is 6.42 Å². The number of rotatable bonds is 3. The Balaban J connectivity index is 2.21. The van der Waals surface area contributed by atoms with Crippen LogP contribution in [0.1, 0.15) is 19.8 Å². The Morgan fingerprint density at radius 3 is 2.64 bits per heavy atom. The van der Waals surface area contributed by atoms with Crippen LogP contribution in [0.3, 0.4) is 0 Å². The molecule has 0 saturated carbocycles. The van der Waals surface area contributed by atoms with Gasteiger partial charge in [0.25, 0.3) is 0 Å². The summed E-state index contributed by atoms with van der Waals surface area (Å²) >= 11 is 0. The molecule has 0 aromatic heterocycles. The van der Waals surface area contributed by atoms with Crippen molar-refractivity contribution in [2.45, 2.75) is 26.0 Å². The van der Waals surface area contributed by atoms with Crippen LogP contribution < -0.4 is 5.32 Å². The van der Waals surface area contributed by atoms with Gasteiger partial charge in [-0.15, -0.1) is 0 Å². The van der Waals surface area contributed by atoms with E-state index in [9.17, 15) is 5.11 Å². The van der Waals surface area contributed by atoms with E-state index in [1.807, 2.05) is 0 Å². The number of piperazine rings is 1. The third-order valence-electron chi connectivity index (χ3n) is 2.12. The number of aliphatic hydroxyl groups is 1. The lowest BCUT2D eigenvalue weighted by molar-refractivity contribution is -0.00948. The molecule has 0 bridgehead atoms. The Kier molecular flexibility index (Phi) is 3.83. The van der Waals surface area contributed by atoms with Gasteiger partial charge in [-0.1, -0.05) is 13.3 Å². The molecule has 0 radical (unpaired) electrons. The van der Waals surface area contributed by atoms with E-state index in [1.165, 1.54) is 0 Å². The van der Waals surface area contributed by atoms with E-state index < -0.39 is 0 Å². The summed E-state index contributed by atoms with van der Waals surface area (Å²) in [6.07, 6.45) is 1.76. The molecule has 66 valence electrons. The first-order valence-corrected chi connectivity index (χ1v) is 4.47. The molecule has 3 heteroatoms. The van der Waals surface area contributed by atoms with E-state index in [1.54, 1.807) is 0 Å². The summed E-state index contributed by atoms with van der Waals surface area (Å²) in [6, 6.07) is 0. The van der Waals surface area contributed by atoms with Crippen LogP contribution in [0.25, 0.3) is 0 Å². The number of aliphatic hydroxyl groups excluding tert-OH is 1. The van der Waals surface area contributed by atoms with Crippen LogP contribution >= 0.6 is 0 Å². The van der Waals surface area contributed by atoms with Crippen molar-refractivity contribution in [2.75, 3.05) is 26.2 Å². The van der Waals surface area contributed by atoms with Gasteiger partial charge in [-0.3, -0.25) is 4.90 Å². The smallest absolute Gasteiger partial charge is 0.107 e. The molecule has 1 aliphatic rings. The summed E-state index contributed by atoms with van der Waals surface area (Å²) in [6.45, 7) is 6.11. The van der Waals surface area contributed by atoms with Gasteiger partial charge in [-0.2, -0.15) is 0 Å². The van der Waals surface area contributed by atoms with Gasteiger partial charge in [0, 0.05) is 26.2 Å². The zero-order valence-electron chi connectivity index (χ0n) is 7.21. The zero-order chi connectivity index (χ0) is 8.10. The molecule has 1 aliphatic heterocycles. The van der Waals surface area contributed by atoms with Crippen LogP contribution in [-0.4, -0.2) is 42.4 Å². The number of hydrogen-bond acceptors (Lipinski definition) is 3. The first-order chi connectivity index (χ1) is 5.34. The molecular weight excluding hydrogens is 140 g/mol. The van der Waals surface area contributed by atoms with Crippen LogP contribution in [0.5, 0.6) is 0 Å². The minimum atomic E-state index is -0.206. The molecule has 0 amide bonds. The second-order valence-electron chi connectivity index (χ2n) is 3.06. The standard InChI is InChI=1S/C8H18N2O/c1-2-3-8(11)10-6-4-9-5-7-10/h8-9,11H,2-7H2,1H3. The van der Waals surface area contributed by atoms with Crippen molar-refractivity contribution in [3.63, 3.8) is 0 Å². The molecule has 11 heavy (non-hydrogen) atoms. The Morgan fingerprint density at radius 1 is 1.45 bits per heavy atom. The summed E-state index contributed by atoms with van der Waals surface area (Å²) in [5.74, 6) is 0. The summed E-state index contributed by atoms with van der Waals surface area (Å²) in [7, 11) is 0. The molecule has 0 aliphatic carbocycles. The molecule has 0 aromatic carbocycles. The van der Waals surface area contributed by atoms with Gasteiger partial charge >= 0.3 is 0 Å². The second kappa shape index (κ2) is 4.70. The lowest BCUT2D eigenvalue weighted by Crippen LogP contribution is -2.48. The van der Waals surface area contributed by atoms with Crippen LogP contribution in [0.15, 0.2) is 0 Å². The van der Waals surface area contributed by atoms with E-state index in [2.05, 4.69) is 17.1 Å². The minimum absolute atomic E-state index is 0.206. The fourth-order valence-corrected chi connectivity index (χ4v) is 1.42. The third kappa shape index (κ3) is 2.77. The molecule has 1 unspecified atom stereocenters. The molecule has 0 spiro atoms. The van der Waals surface area contributed by atoms with Crippen molar-refractivity contribution in [2.24, 2.45) is 0 Å². The fourth-order valence-electron chi connectivity index (χ4n) is 1.42. The summed E-state index contributed by atoms with van der Waals surface area (Å²) in [5, 5.41) is 12.8. The highest BCUT2D eigenvalue weighted by Gasteiger charge is 2.16. The Labute approximate surface area is 68.4 Å². The Hall–Kier alpha value is -0.120. The maximum atomic E-state index is 9.57. The molecule has 1 atom stereocenters. The van der Waals surface area contributed by atoms with Gasteiger partial charge in [0.1, 0.15) is 6.23 Å². The van der Waals surface area contributed by atoms with Crippen molar-refractivity contribution < 1.29 is 5.11 Å². The van der Waals surface area contributed by atoms with Gasteiger partial charge in [0.05, 0.1) is 0 Å². The van der Waals surface area contributed by atoms with E-state index in [0.717, 1.165) is 39.0 Å². The highest BCUT2D eigenvalue weighted by atomic mass is 16.3. The number of hydrogen-bond donors (Lipinski definition) is 2. The largest absolute Gasteiger partial charge is 0.378 e. The Morgan fingerprint density at radius 2 is 2.09 bits per heavy atom. The normalized spacial score (nSPS) is 23.5. The van der Waals surface area contributed by atoms with Gasteiger partial charge in [-0.25, -0.2) is 0 Å². The monoisotopic (exact) mass is 158 g/mol. The average Bonchev–Trinajstić information content (AvgIpc) is 2.07. The highest BCUT2D eigenvalue weighted by molar-refractivity contribution is 4.69. The number of nitrogens with zero attached hydrogens (tertiary/aromatic N) is 1. The van der Waals surface area contributed by atoms with Crippen LogP contribution in [-0.2, 0) is 0 Å². The first kappa shape index (κ1) is 8.97. The van der Waals surface area contributed by atoms with Gasteiger partial charge in [0.15, 0.2) is 0 Å². The minimum Gasteiger partial charge on any atom is -0.378 e. The molecule has 1 fully saturated rings. The number of nitrogens with one attached hydrogen (secondary N) is 1. The topological polar surface area (TPSA) is 35.5 Å². The predicted molar refractivity (Wildman–Crippen MR) is 45.4 cm³/mol. The van der Waals surface area contributed by atoms with Crippen LogP contribution in [0.4, 0.5) is 0 Å². The van der Waals surface area contributed by atoms with Crippen molar-refractivity contribution in [3.05, 3.63) is 0 Å². The molecular formula is C8H18N2O. The van der Waals surface area contributed by atoms with E-state index in [0.29, 0.717) is 0 Å². The highest BCUT2D eigenvalue weighted by Crippen LogP contribution is 2.04. The van der Waals surface area contributed by atoms with E-state index >= 15 is 0 Å². The van der Waals surface area contributed by atoms with Crippen molar-refractivity contribution in [1.29, 1.82) is 0 Å². The third-order valence-corrected chi connectivity index (χ3v) is 2.12. The fraction of sp³-hybridized carbons (Fsp3) is 1.00. The Bertz CT molecular complexity index is 102. The SMILES string of the molecule is CCCC(O)N1CCNCC1. The molecule has 2 N–H and O–H groups in total. The predicted octanol–water partition coefficient (Wildman–Crippen LogP) is 0.0101.